The van der Waals surface area contributed by atoms with Crippen LogP contribution in [0.25, 0.3) is 5.69 Å². The van der Waals surface area contributed by atoms with Crippen molar-refractivity contribution >= 4 is 17.6 Å². The molecule has 9 heteroatoms. The third kappa shape index (κ3) is 2.67. The number of hydrogen-bond donors (Lipinski definition) is 2. The highest BCUT2D eigenvalue weighted by Gasteiger charge is 2.31. The van der Waals surface area contributed by atoms with E-state index in [1.807, 2.05) is 0 Å². The molecule has 144 valence electrons. The number of fused-ring (bicyclic) bond motifs is 2. The Kier molecular flexibility index (Phi) is 3.56. The maximum atomic E-state index is 12.5. The van der Waals surface area contributed by atoms with E-state index in [4.69, 9.17) is 19.9 Å². The molecule has 2 amide bonds. The number of carbonyl (C=O) groups is 2. The Hall–Kier alpha value is -4.27. The molecular formula is C20H13N3O6. The molecule has 3 heterocycles. The van der Waals surface area contributed by atoms with Gasteiger partial charge in [0.25, 0.3) is 17.4 Å². The van der Waals surface area contributed by atoms with Gasteiger partial charge in [-0.3, -0.25) is 24.3 Å². The van der Waals surface area contributed by atoms with Crippen LogP contribution in [0.1, 0.15) is 20.7 Å². The third-order valence-corrected chi connectivity index (χ3v) is 4.63. The molecule has 2 aromatic carbocycles. The number of amides is 2. The van der Waals surface area contributed by atoms with Crippen molar-refractivity contribution in [3.63, 3.8) is 0 Å². The van der Waals surface area contributed by atoms with Gasteiger partial charge in [-0.15, -0.1) is 0 Å². The minimum absolute atomic E-state index is 0.00436. The Labute approximate surface area is 163 Å². The van der Waals surface area contributed by atoms with Gasteiger partial charge in [0.15, 0.2) is 11.5 Å². The number of nitrogens with zero attached hydrogens (tertiary/aromatic N) is 1. The lowest BCUT2D eigenvalue weighted by atomic mass is 10.1. The number of ether oxygens (including phenoxy) is 3. The van der Waals surface area contributed by atoms with Crippen LogP contribution in [0.4, 0.5) is 5.82 Å². The number of pyridine rings is 1. The minimum atomic E-state index is -0.631. The molecule has 0 bridgehead atoms. The fourth-order valence-electron chi connectivity index (χ4n) is 3.29. The molecule has 0 atom stereocenters. The van der Waals surface area contributed by atoms with Gasteiger partial charge in [-0.2, -0.15) is 0 Å². The first-order chi connectivity index (χ1) is 14.0. The van der Waals surface area contributed by atoms with Gasteiger partial charge in [0, 0.05) is 12.1 Å². The average Bonchev–Trinajstić information content (AvgIpc) is 3.27. The molecule has 0 unspecified atom stereocenters. The lowest BCUT2D eigenvalue weighted by molar-refractivity contribution is 0.0880. The van der Waals surface area contributed by atoms with Crippen LogP contribution < -0.4 is 30.8 Å². The maximum Gasteiger partial charge on any atom is 0.262 e. The predicted octanol–water partition coefficient (Wildman–Crippen LogP) is 1.82. The Morgan fingerprint density at radius 3 is 2.41 bits per heavy atom. The van der Waals surface area contributed by atoms with Crippen molar-refractivity contribution in [2.45, 2.75) is 0 Å². The molecule has 0 aliphatic carbocycles. The summed E-state index contributed by atoms with van der Waals surface area (Å²) in [5.74, 6) is 0.985. The number of imide groups is 1. The van der Waals surface area contributed by atoms with Gasteiger partial charge in [0.05, 0.1) is 16.8 Å². The summed E-state index contributed by atoms with van der Waals surface area (Å²) in [6, 6.07) is 12.9. The maximum absolute atomic E-state index is 12.5. The molecule has 2 aliphatic rings. The van der Waals surface area contributed by atoms with Crippen LogP contribution in [-0.2, 0) is 0 Å². The number of benzene rings is 2. The molecule has 3 N–H and O–H groups in total. The fourth-order valence-corrected chi connectivity index (χ4v) is 3.29. The van der Waals surface area contributed by atoms with E-state index in [9.17, 15) is 14.4 Å². The molecule has 3 aromatic rings. The summed E-state index contributed by atoms with van der Waals surface area (Å²) in [7, 11) is 0. The van der Waals surface area contributed by atoms with Gasteiger partial charge < -0.3 is 19.9 Å². The van der Waals surface area contributed by atoms with Crippen LogP contribution in [-0.4, -0.2) is 23.2 Å². The van der Waals surface area contributed by atoms with Gasteiger partial charge >= 0.3 is 0 Å². The standard InChI is InChI=1S/C20H13N3O6/c21-18-17-13(19(25)22-20(17)26)8-16(24)23(18)10-1-3-11(4-2-10)29-12-5-6-14-15(7-12)28-9-27-14/h1-8H,9,21H2,(H,22,25,26). The van der Waals surface area contributed by atoms with Crippen molar-refractivity contribution in [3.05, 3.63) is 70.0 Å². The lowest BCUT2D eigenvalue weighted by Crippen LogP contribution is -2.24. The molecule has 0 fully saturated rings. The average molecular weight is 391 g/mol. The molecule has 0 saturated carbocycles. The molecular weight excluding hydrogens is 378 g/mol. The first-order valence-corrected chi connectivity index (χ1v) is 8.60. The quantitative estimate of drug-likeness (QED) is 0.653. The predicted molar refractivity (Wildman–Crippen MR) is 101 cm³/mol. The number of aromatic nitrogens is 1. The van der Waals surface area contributed by atoms with E-state index in [0.717, 1.165) is 6.07 Å². The van der Waals surface area contributed by atoms with Crippen molar-refractivity contribution in [2.75, 3.05) is 12.5 Å². The minimum Gasteiger partial charge on any atom is -0.457 e. The topological polar surface area (TPSA) is 122 Å². The summed E-state index contributed by atoms with van der Waals surface area (Å²) < 4.78 is 17.6. The van der Waals surface area contributed by atoms with Crippen LogP contribution in [0.2, 0.25) is 0 Å². The van der Waals surface area contributed by atoms with E-state index in [-0.39, 0.29) is 23.7 Å². The lowest BCUT2D eigenvalue weighted by Gasteiger charge is -2.13. The number of nitrogens with one attached hydrogen (secondary N) is 1. The van der Waals surface area contributed by atoms with E-state index in [2.05, 4.69) is 5.32 Å². The van der Waals surface area contributed by atoms with E-state index in [0.29, 0.717) is 28.7 Å². The largest absolute Gasteiger partial charge is 0.457 e. The number of rotatable bonds is 3. The molecule has 0 saturated heterocycles. The number of hydrogen-bond acceptors (Lipinski definition) is 7. The molecule has 2 aliphatic heterocycles. The summed E-state index contributed by atoms with van der Waals surface area (Å²) in [5, 5.41) is 2.13. The van der Waals surface area contributed by atoms with Gasteiger partial charge in [-0.25, -0.2) is 0 Å². The van der Waals surface area contributed by atoms with E-state index >= 15 is 0 Å². The van der Waals surface area contributed by atoms with E-state index < -0.39 is 17.4 Å². The van der Waals surface area contributed by atoms with Crippen LogP contribution in [0.15, 0.2) is 53.3 Å². The molecule has 0 spiro atoms. The summed E-state index contributed by atoms with van der Waals surface area (Å²) in [6.07, 6.45) is 0. The number of nitrogen functional groups attached to an aromatic ring is 1. The second-order valence-corrected chi connectivity index (χ2v) is 6.39. The van der Waals surface area contributed by atoms with Gasteiger partial charge in [0.2, 0.25) is 6.79 Å². The van der Waals surface area contributed by atoms with Crippen molar-refractivity contribution in [3.8, 4) is 28.7 Å². The van der Waals surface area contributed by atoms with Crippen molar-refractivity contribution in [1.29, 1.82) is 0 Å². The first-order valence-electron chi connectivity index (χ1n) is 8.60. The van der Waals surface area contributed by atoms with E-state index in [1.54, 1.807) is 42.5 Å². The highest BCUT2D eigenvalue weighted by atomic mass is 16.7. The fraction of sp³-hybridized carbons (Fsp3) is 0.0500. The Balaban J connectivity index is 1.47. The van der Waals surface area contributed by atoms with Gasteiger partial charge in [0.1, 0.15) is 17.3 Å². The highest BCUT2D eigenvalue weighted by molar-refractivity contribution is 6.23. The second-order valence-electron chi connectivity index (χ2n) is 6.39. The Morgan fingerprint density at radius 2 is 1.62 bits per heavy atom. The van der Waals surface area contributed by atoms with Crippen LogP contribution in [0.3, 0.4) is 0 Å². The molecule has 9 nitrogen and oxygen atoms in total. The van der Waals surface area contributed by atoms with E-state index in [1.165, 1.54) is 4.57 Å². The summed E-state index contributed by atoms with van der Waals surface area (Å²) >= 11 is 0. The third-order valence-electron chi connectivity index (χ3n) is 4.63. The molecule has 29 heavy (non-hydrogen) atoms. The van der Waals surface area contributed by atoms with Crippen LogP contribution in [0, 0.1) is 0 Å². The van der Waals surface area contributed by atoms with Crippen LogP contribution in [0.5, 0.6) is 23.0 Å². The molecule has 0 radical (unpaired) electrons. The summed E-state index contributed by atoms with van der Waals surface area (Å²) in [6.45, 7) is 0.175. The molecule has 5 rings (SSSR count). The summed E-state index contributed by atoms with van der Waals surface area (Å²) in [4.78, 5) is 36.2. The Morgan fingerprint density at radius 1 is 0.897 bits per heavy atom. The number of carbonyl (C=O) groups excluding carboxylic acids is 2. The van der Waals surface area contributed by atoms with Crippen molar-refractivity contribution in [2.24, 2.45) is 0 Å². The molecule has 1 aromatic heterocycles. The van der Waals surface area contributed by atoms with Gasteiger partial charge in [-0.05, 0) is 36.4 Å². The number of nitrogens with two attached hydrogens (primary N) is 1. The summed E-state index contributed by atoms with van der Waals surface area (Å²) in [5.41, 5.74) is 5.92. The van der Waals surface area contributed by atoms with Gasteiger partial charge in [-0.1, -0.05) is 0 Å². The monoisotopic (exact) mass is 391 g/mol. The number of anilines is 1. The highest BCUT2D eigenvalue weighted by Crippen LogP contribution is 2.36. The van der Waals surface area contributed by atoms with Crippen LogP contribution >= 0.6 is 0 Å². The zero-order valence-corrected chi connectivity index (χ0v) is 14.8. The second kappa shape index (κ2) is 6.13. The van der Waals surface area contributed by atoms with Crippen molar-refractivity contribution in [1.82, 2.24) is 9.88 Å². The SMILES string of the molecule is Nc1c2c(cc(=O)n1-c1ccc(Oc3ccc4c(c3)OCO4)cc1)C(=O)NC2=O. The normalized spacial score (nSPS) is 13.9. The zero-order chi connectivity index (χ0) is 20.1. The smallest absolute Gasteiger partial charge is 0.262 e. The zero-order valence-electron chi connectivity index (χ0n) is 14.8. The van der Waals surface area contributed by atoms with Crippen molar-refractivity contribution < 1.29 is 23.8 Å². The Bertz CT molecular complexity index is 1250. The first kappa shape index (κ1) is 16.9.